The number of nitro groups is 1. The fourth-order valence-electron chi connectivity index (χ4n) is 2.27. The van der Waals surface area contributed by atoms with Gasteiger partial charge in [-0.2, -0.15) is 5.26 Å². The zero-order valence-corrected chi connectivity index (χ0v) is 14.4. The van der Waals surface area contributed by atoms with Crippen molar-refractivity contribution >= 4 is 23.4 Å². The van der Waals surface area contributed by atoms with Crippen LogP contribution in [-0.2, 0) is 4.79 Å². The second-order valence-electron chi connectivity index (χ2n) is 5.36. The third kappa shape index (κ3) is 4.45. The first-order chi connectivity index (χ1) is 12.5. The molecule has 7 nitrogen and oxygen atoms in total. The van der Waals surface area contributed by atoms with Crippen LogP contribution < -0.4 is 10.1 Å². The molecule has 0 atom stereocenters. The maximum atomic E-state index is 12.4. The number of amides is 1. The average Bonchev–Trinajstić information content (AvgIpc) is 2.62. The maximum Gasteiger partial charge on any atom is 0.272 e. The molecule has 0 spiro atoms. The van der Waals surface area contributed by atoms with Gasteiger partial charge in [-0.15, -0.1) is 0 Å². The summed E-state index contributed by atoms with van der Waals surface area (Å²) in [5.41, 5.74) is 1.09. The molecular weight excluding hydrogens is 334 g/mol. The van der Waals surface area contributed by atoms with Crippen LogP contribution in [0.2, 0.25) is 0 Å². The standard InChI is InChI=1S/C19H17N3O4/c1-3-26-18-7-5-4-6-16(18)21-19(23)15(12-20)10-14-9-8-13(2)17(11-14)22(24)25/h4-11H,3H2,1-2H3,(H,21,23)/b15-10+. The van der Waals surface area contributed by atoms with Crippen molar-refractivity contribution in [3.05, 3.63) is 69.3 Å². The monoisotopic (exact) mass is 351 g/mol. The third-order valence-corrected chi connectivity index (χ3v) is 3.54. The van der Waals surface area contributed by atoms with Gasteiger partial charge in [-0.1, -0.05) is 24.3 Å². The molecule has 0 aromatic heterocycles. The number of anilines is 1. The number of carbonyl (C=O) groups excluding carboxylic acids is 1. The molecule has 0 aliphatic rings. The topological polar surface area (TPSA) is 105 Å². The summed E-state index contributed by atoms with van der Waals surface area (Å²) in [5.74, 6) is -0.130. The second-order valence-corrected chi connectivity index (χ2v) is 5.36. The molecule has 0 aliphatic carbocycles. The number of hydrogen-bond donors (Lipinski definition) is 1. The average molecular weight is 351 g/mol. The predicted octanol–water partition coefficient (Wildman–Crippen LogP) is 3.85. The summed E-state index contributed by atoms with van der Waals surface area (Å²) in [6, 6.07) is 13.2. The number of nitrogens with one attached hydrogen (secondary N) is 1. The largest absolute Gasteiger partial charge is 0.492 e. The number of para-hydroxylation sites is 2. The van der Waals surface area contributed by atoms with Crippen molar-refractivity contribution in [3.63, 3.8) is 0 Å². The highest BCUT2D eigenvalue weighted by Gasteiger charge is 2.14. The van der Waals surface area contributed by atoms with Crippen LogP contribution in [0.3, 0.4) is 0 Å². The molecule has 2 rings (SSSR count). The number of nitro benzene ring substituents is 1. The van der Waals surface area contributed by atoms with Crippen LogP contribution in [0.4, 0.5) is 11.4 Å². The van der Waals surface area contributed by atoms with Gasteiger partial charge in [0.05, 0.1) is 17.2 Å². The molecule has 0 saturated heterocycles. The minimum atomic E-state index is -0.622. The molecule has 0 bridgehead atoms. The van der Waals surface area contributed by atoms with Crippen LogP contribution in [-0.4, -0.2) is 17.4 Å². The zero-order valence-electron chi connectivity index (χ0n) is 14.4. The van der Waals surface area contributed by atoms with E-state index in [0.717, 1.165) is 0 Å². The first-order valence-corrected chi connectivity index (χ1v) is 7.86. The lowest BCUT2D eigenvalue weighted by Gasteiger charge is -2.10. The SMILES string of the molecule is CCOc1ccccc1NC(=O)/C(C#N)=C/c1ccc(C)c([N+](=O)[O-])c1. The molecule has 1 N–H and O–H groups in total. The van der Waals surface area contributed by atoms with E-state index in [9.17, 15) is 20.2 Å². The summed E-state index contributed by atoms with van der Waals surface area (Å²) in [5, 5.41) is 23.0. The zero-order chi connectivity index (χ0) is 19.1. The van der Waals surface area contributed by atoms with E-state index in [1.807, 2.05) is 13.0 Å². The van der Waals surface area contributed by atoms with E-state index in [2.05, 4.69) is 5.32 Å². The quantitative estimate of drug-likeness (QED) is 0.368. The fourth-order valence-corrected chi connectivity index (χ4v) is 2.27. The van der Waals surface area contributed by atoms with Crippen molar-refractivity contribution in [2.75, 3.05) is 11.9 Å². The molecule has 7 heteroatoms. The molecule has 0 radical (unpaired) electrons. The van der Waals surface area contributed by atoms with E-state index in [4.69, 9.17) is 4.74 Å². The van der Waals surface area contributed by atoms with Crippen molar-refractivity contribution < 1.29 is 14.5 Å². The maximum absolute atomic E-state index is 12.4. The van der Waals surface area contributed by atoms with Gasteiger partial charge in [0.1, 0.15) is 17.4 Å². The Hall–Kier alpha value is -3.66. The lowest BCUT2D eigenvalue weighted by atomic mass is 10.1. The van der Waals surface area contributed by atoms with Gasteiger partial charge in [-0.05, 0) is 37.6 Å². The first kappa shape index (κ1) is 18.7. The van der Waals surface area contributed by atoms with Gasteiger partial charge in [0.25, 0.3) is 11.6 Å². The first-order valence-electron chi connectivity index (χ1n) is 7.86. The predicted molar refractivity (Wildman–Crippen MR) is 97.7 cm³/mol. The van der Waals surface area contributed by atoms with Gasteiger partial charge in [-0.25, -0.2) is 0 Å². The number of rotatable bonds is 6. The van der Waals surface area contributed by atoms with Crippen LogP contribution in [0, 0.1) is 28.4 Å². The highest BCUT2D eigenvalue weighted by Crippen LogP contribution is 2.25. The fraction of sp³-hybridized carbons (Fsp3) is 0.158. The van der Waals surface area contributed by atoms with Gasteiger partial charge in [0, 0.05) is 11.6 Å². The van der Waals surface area contributed by atoms with E-state index in [-0.39, 0.29) is 11.3 Å². The van der Waals surface area contributed by atoms with Gasteiger partial charge in [-0.3, -0.25) is 14.9 Å². The number of benzene rings is 2. The third-order valence-electron chi connectivity index (χ3n) is 3.54. The summed E-state index contributed by atoms with van der Waals surface area (Å²) in [6.07, 6.45) is 1.31. The summed E-state index contributed by atoms with van der Waals surface area (Å²) in [4.78, 5) is 22.9. The lowest BCUT2D eigenvalue weighted by Crippen LogP contribution is -2.14. The van der Waals surface area contributed by atoms with E-state index >= 15 is 0 Å². The minimum absolute atomic E-state index is 0.0712. The van der Waals surface area contributed by atoms with Crippen LogP contribution in [0.25, 0.3) is 6.08 Å². The van der Waals surface area contributed by atoms with E-state index in [1.165, 1.54) is 12.1 Å². The molecule has 0 aliphatic heterocycles. The summed E-state index contributed by atoms with van der Waals surface area (Å²) in [7, 11) is 0. The highest BCUT2D eigenvalue weighted by molar-refractivity contribution is 6.10. The Morgan fingerprint density at radius 1 is 1.35 bits per heavy atom. The second kappa shape index (κ2) is 8.44. The molecule has 2 aromatic rings. The molecule has 0 fully saturated rings. The van der Waals surface area contributed by atoms with Crippen molar-refractivity contribution in [1.29, 1.82) is 5.26 Å². The van der Waals surface area contributed by atoms with E-state index < -0.39 is 10.8 Å². The molecule has 26 heavy (non-hydrogen) atoms. The Labute approximate surface area is 150 Å². The van der Waals surface area contributed by atoms with Crippen LogP contribution in [0.1, 0.15) is 18.1 Å². The van der Waals surface area contributed by atoms with Crippen molar-refractivity contribution in [2.24, 2.45) is 0 Å². The minimum Gasteiger partial charge on any atom is -0.492 e. The molecule has 0 heterocycles. The van der Waals surface area contributed by atoms with Crippen molar-refractivity contribution in [2.45, 2.75) is 13.8 Å². The molecular formula is C19H17N3O4. The number of nitriles is 1. The number of hydrogen-bond acceptors (Lipinski definition) is 5. The Kier molecular flexibility index (Phi) is 6.06. The van der Waals surface area contributed by atoms with Crippen molar-refractivity contribution in [3.8, 4) is 11.8 Å². The van der Waals surface area contributed by atoms with Gasteiger partial charge in [0.15, 0.2) is 0 Å². The molecule has 1 amide bonds. The Morgan fingerprint density at radius 2 is 2.08 bits per heavy atom. The normalized spacial score (nSPS) is 10.7. The lowest BCUT2D eigenvalue weighted by molar-refractivity contribution is -0.385. The van der Waals surface area contributed by atoms with Gasteiger partial charge >= 0.3 is 0 Å². The summed E-state index contributed by atoms with van der Waals surface area (Å²) < 4.78 is 5.43. The molecule has 0 saturated carbocycles. The smallest absolute Gasteiger partial charge is 0.272 e. The van der Waals surface area contributed by atoms with Crippen molar-refractivity contribution in [1.82, 2.24) is 0 Å². The Balaban J connectivity index is 2.30. The number of ether oxygens (including phenoxy) is 1. The highest BCUT2D eigenvalue weighted by atomic mass is 16.6. The molecule has 2 aromatic carbocycles. The summed E-state index contributed by atoms with van der Waals surface area (Å²) in [6.45, 7) is 3.87. The van der Waals surface area contributed by atoms with Crippen LogP contribution in [0.5, 0.6) is 5.75 Å². The van der Waals surface area contributed by atoms with Crippen LogP contribution in [0.15, 0.2) is 48.0 Å². The van der Waals surface area contributed by atoms with E-state index in [0.29, 0.717) is 29.2 Å². The Morgan fingerprint density at radius 3 is 2.73 bits per heavy atom. The number of carbonyl (C=O) groups is 1. The van der Waals surface area contributed by atoms with Gasteiger partial charge in [0.2, 0.25) is 0 Å². The molecule has 132 valence electrons. The van der Waals surface area contributed by atoms with E-state index in [1.54, 1.807) is 43.3 Å². The number of nitrogens with zero attached hydrogens (tertiary/aromatic N) is 2. The Bertz CT molecular complexity index is 913. The van der Waals surface area contributed by atoms with Crippen LogP contribution >= 0.6 is 0 Å². The van der Waals surface area contributed by atoms with Gasteiger partial charge < -0.3 is 10.1 Å². The summed E-state index contributed by atoms with van der Waals surface area (Å²) >= 11 is 0. The number of aryl methyl sites for hydroxylation is 1. The molecule has 0 unspecified atom stereocenters.